The van der Waals surface area contributed by atoms with Crippen LogP contribution in [0.4, 0.5) is 0 Å². The van der Waals surface area contributed by atoms with Crippen molar-refractivity contribution < 1.29 is 0 Å². The van der Waals surface area contributed by atoms with Gasteiger partial charge < -0.3 is 5.32 Å². The van der Waals surface area contributed by atoms with E-state index in [2.05, 4.69) is 68.6 Å². The van der Waals surface area contributed by atoms with Crippen LogP contribution in [0.3, 0.4) is 0 Å². The number of nitrogens with one attached hydrogen (secondary N) is 1. The molecule has 1 atom stereocenters. The summed E-state index contributed by atoms with van der Waals surface area (Å²) in [6.45, 7) is 7.44. The second kappa shape index (κ2) is 7.88. The molecule has 112 valence electrons. The van der Waals surface area contributed by atoms with E-state index in [9.17, 15) is 0 Å². The van der Waals surface area contributed by atoms with E-state index in [1.54, 1.807) is 11.8 Å². The van der Waals surface area contributed by atoms with Gasteiger partial charge in [-0.2, -0.15) is 0 Å². The Labute approximate surface area is 137 Å². The van der Waals surface area contributed by atoms with E-state index in [-0.39, 0.29) is 6.04 Å². The number of benzene rings is 2. The lowest BCUT2D eigenvalue weighted by Crippen LogP contribution is -2.19. The van der Waals surface area contributed by atoms with Gasteiger partial charge in [0.05, 0.1) is 0 Å². The summed E-state index contributed by atoms with van der Waals surface area (Å²) in [7, 11) is 0. The van der Waals surface area contributed by atoms with Gasteiger partial charge in [-0.15, -0.1) is 0 Å². The van der Waals surface area contributed by atoms with Crippen LogP contribution >= 0.6 is 23.4 Å². The predicted octanol–water partition coefficient (Wildman–Crippen LogP) is 5.86. The largest absolute Gasteiger partial charge is 0.310 e. The van der Waals surface area contributed by atoms with E-state index in [4.69, 9.17) is 11.6 Å². The molecule has 1 N–H and O–H groups in total. The van der Waals surface area contributed by atoms with Crippen molar-refractivity contribution >= 4 is 23.4 Å². The molecule has 1 nitrogen and oxygen atoms in total. The van der Waals surface area contributed by atoms with Gasteiger partial charge in [-0.3, -0.25) is 0 Å². The first-order valence-electron chi connectivity index (χ1n) is 7.37. The standard InChI is InChI=1S/C18H22ClNS/c1-4-11-20-14(3)17-10-9-16(12-18(17)19)21-15-7-5-13(2)6-8-15/h5-10,12,14,20H,4,11H2,1-3H3. The highest BCUT2D eigenvalue weighted by Crippen LogP contribution is 2.32. The molecule has 2 aromatic rings. The Morgan fingerprint density at radius 1 is 1.10 bits per heavy atom. The molecule has 21 heavy (non-hydrogen) atoms. The van der Waals surface area contributed by atoms with Gasteiger partial charge in [-0.25, -0.2) is 0 Å². The predicted molar refractivity (Wildman–Crippen MR) is 93.5 cm³/mol. The fraction of sp³-hybridized carbons (Fsp3) is 0.333. The van der Waals surface area contributed by atoms with E-state index < -0.39 is 0 Å². The van der Waals surface area contributed by atoms with Crippen LogP contribution in [0.5, 0.6) is 0 Å². The minimum absolute atomic E-state index is 0.288. The lowest BCUT2D eigenvalue weighted by Gasteiger charge is -2.16. The zero-order chi connectivity index (χ0) is 15.2. The van der Waals surface area contributed by atoms with Crippen LogP contribution in [-0.4, -0.2) is 6.54 Å². The fourth-order valence-electron chi connectivity index (χ4n) is 2.14. The molecule has 0 radical (unpaired) electrons. The first-order chi connectivity index (χ1) is 10.1. The molecule has 0 bridgehead atoms. The van der Waals surface area contributed by atoms with E-state index >= 15 is 0 Å². The Morgan fingerprint density at radius 2 is 1.76 bits per heavy atom. The topological polar surface area (TPSA) is 12.0 Å². The molecule has 0 fully saturated rings. The van der Waals surface area contributed by atoms with Crippen molar-refractivity contribution in [2.24, 2.45) is 0 Å². The van der Waals surface area contributed by atoms with Gasteiger partial charge in [-0.05, 0) is 56.6 Å². The van der Waals surface area contributed by atoms with E-state index in [0.29, 0.717) is 0 Å². The molecule has 0 aliphatic carbocycles. The van der Waals surface area contributed by atoms with Crippen LogP contribution in [0.15, 0.2) is 52.3 Å². The average molecular weight is 320 g/mol. The number of halogens is 1. The second-order valence-electron chi connectivity index (χ2n) is 5.27. The number of hydrogen-bond donors (Lipinski definition) is 1. The lowest BCUT2D eigenvalue weighted by atomic mass is 10.1. The molecular weight excluding hydrogens is 298 g/mol. The lowest BCUT2D eigenvalue weighted by molar-refractivity contribution is 0.570. The third-order valence-corrected chi connectivity index (χ3v) is 4.72. The molecular formula is C18H22ClNS. The van der Waals surface area contributed by atoms with E-state index in [1.165, 1.54) is 20.9 Å². The van der Waals surface area contributed by atoms with Gasteiger partial charge in [0.2, 0.25) is 0 Å². The van der Waals surface area contributed by atoms with Crippen LogP contribution < -0.4 is 5.32 Å². The first-order valence-corrected chi connectivity index (χ1v) is 8.57. The highest BCUT2D eigenvalue weighted by atomic mass is 35.5. The molecule has 2 rings (SSSR count). The second-order valence-corrected chi connectivity index (χ2v) is 6.83. The van der Waals surface area contributed by atoms with Gasteiger partial charge in [0.1, 0.15) is 0 Å². The average Bonchev–Trinajstić information content (AvgIpc) is 2.47. The molecule has 0 saturated heterocycles. The van der Waals surface area contributed by atoms with Crippen LogP contribution in [0, 0.1) is 6.92 Å². The highest BCUT2D eigenvalue weighted by Gasteiger charge is 2.09. The summed E-state index contributed by atoms with van der Waals surface area (Å²) in [5.74, 6) is 0. The van der Waals surface area contributed by atoms with Gasteiger partial charge >= 0.3 is 0 Å². The van der Waals surface area contributed by atoms with Crippen molar-refractivity contribution in [2.45, 2.75) is 43.0 Å². The Bertz CT molecular complexity index is 580. The summed E-state index contributed by atoms with van der Waals surface area (Å²) in [4.78, 5) is 2.41. The fourth-order valence-corrected chi connectivity index (χ4v) is 3.40. The normalized spacial score (nSPS) is 12.4. The van der Waals surface area contributed by atoms with Crippen molar-refractivity contribution in [1.82, 2.24) is 5.32 Å². The highest BCUT2D eigenvalue weighted by molar-refractivity contribution is 7.99. The van der Waals surface area contributed by atoms with Crippen LogP contribution in [0.25, 0.3) is 0 Å². The minimum atomic E-state index is 0.288. The molecule has 0 amide bonds. The van der Waals surface area contributed by atoms with Crippen molar-refractivity contribution in [3.05, 3.63) is 58.6 Å². The third kappa shape index (κ3) is 4.77. The SMILES string of the molecule is CCCNC(C)c1ccc(Sc2ccc(C)cc2)cc1Cl. The van der Waals surface area contributed by atoms with Gasteiger partial charge in [0.15, 0.2) is 0 Å². The van der Waals surface area contributed by atoms with Crippen LogP contribution in [-0.2, 0) is 0 Å². The number of rotatable bonds is 6. The van der Waals surface area contributed by atoms with Crippen LogP contribution in [0.1, 0.15) is 37.4 Å². The first kappa shape index (κ1) is 16.4. The summed E-state index contributed by atoms with van der Waals surface area (Å²) in [6.07, 6.45) is 1.13. The summed E-state index contributed by atoms with van der Waals surface area (Å²) in [5.41, 5.74) is 2.45. The zero-order valence-electron chi connectivity index (χ0n) is 12.8. The Morgan fingerprint density at radius 3 is 2.38 bits per heavy atom. The maximum atomic E-state index is 6.44. The molecule has 0 spiro atoms. The van der Waals surface area contributed by atoms with E-state index in [0.717, 1.165) is 18.0 Å². The molecule has 0 heterocycles. The van der Waals surface area contributed by atoms with Crippen molar-refractivity contribution in [1.29, 1.82) is 0 Å². The van der Waals surface area contributed by atoms with Crippen molar-refractivity contribution in [3.8, 4) is 0 Å². The van der Waals surface area contributed by atoms with Gasteiger partial charge in [-0.1, -0.05) is 54.0 Å². The molecule has 2 aromatic carbocycles. The maximum Gasteiger partial charge on any atom is 0.0464 e. The Balaban J connectivity index is 2.09. The summed E-state index contributed by atoms with van der Waals surface area (Å²) in [5, 5.41) is 4.31. The monoisotopic (exact) mass is 319 g/mol. The maximum absolute atomic E-state index is 6.44. The number of hydrogen-bond acceptors (Lipinski definition) is 2. The van der Waals surface area contributed by atoms with Gasteiger partial charge in [0, 0.05) is 20.9 Å². The summed E-state index contributed by atoms with van der Waals surface area (Å²) >= 11 is 8.19. The van der Waals surface area contributed by atoms with Gasteiger partial charge in [0.25, 0.3) is 0 Å². The Kier molecular flexibility index (Phi) is 6.16. The molecule has 0 saturated carbocycles. The molecule has 0 aliphatic rings. The summed E-state index contributed by atoms with van der Waals surface area (Å²) in [6, 6.07) is 15.2. The molecule has 1 unspecified atom stereocenters. The van der Waals surface area contributed by atoms with Crippen molar-refractivity contribution in [2.75, 3.05) is 6.54 Å². The minimum Gasteiger partial charge on any atom is -0.310 e. The smallest absolute Gasteiger partial charge is 0.0464 e. The number of aryl methyl sites for hydroxylation is 1. The Hall–Kier alpha value is -0.960. The zero-order valence-corrected chi connectivity index (χ0v) is 14.4. The quantitative estimate of drug-likeness (QED) is 0.715. The third-order valence-electron chi connectivity index (χ3n) is 3.40. The van der Waals surface area contributed by atoms with Crippen LogP contribution in [0.2, 0.25) is 5.02 Å². The summed E-state index contributed by atoms with van der Waals surface area (Å²) < 4.78 is 0. The molecule has 0 aliphatic heterocycles. The van der Waals surface area contributed by atoms with E-state index in [1.807, 2.05) is 0 Å². The molecule has 0 aromatic heterocycles. The van der Waals surface area contributed by atoms with Crippen molar-refractivity contribution in [3.63, 3.8) is 0 Å². The molecule has 3 heteroatoms.